The van der Waals surface area contributed by atoms with Gasteiger partial charge in [-0.05, 0) is 67.1 Å². The zero-order valence-corrected chi connectivity index (χ0v) is 31.7. The van der Waals surface area contributed by atoms with Crippen molar-refractivity contribution in [2.24, 2.45) is 28.9 Å². The van der Waals surface area contributed by atoms with Gasteiger partial charge in [0.1, 0.15) is 23.4 Å². The monoisotopic (exact) mass is 712 g/mol. The van der Waals surface area contributed by atoms with Gasteiger partial charge in [0.15, 0.2) is 0 Å². The van der Waals surface area contributed by atoms with Gasteiger partial charge in [0.25, 0.3) is 5.91 Å². The molecule has 0 heterocycles. The molecule has 4 atom stereocenters. The first-order valence-electron chi connectivity index (χ1n) is 18.3. The Labute approximate surface area is 302 Å². The van der Waals surface area contributed by atoms with Crippen molar-refractivity contribution in [1.29, 1.82) is 0 Å². The highest BCUT2D eigenvalue weighted by Gasteiger charge is 2.44. The predicted octanol–water partition coefficient (Wildman–Crippen LogP) is 3.58. The summed E-state index contributed by atoms with van der Waals surface area (Å²) in [5.41, 5.74) is 4.18. The van der Waals surface area contributed by atoms with Gasteiger partial charge in [0.05, 0.1) is 13.2 Å². The minimum Gasteiger partial charge on any atom is -0.497 e. The molecule has 0 aromatic heterocycles. The number of ether oxygens (including phenoxy) is 1. The number of methoxy groups -OCH3 is 1. The van der Waals surface area contributed by atoms with Gasteiger partial charge in [-0.15, -0.1) is 0 Å². The zero-order valence-electron chi connectivity index (χ0n) is 31.7. The molecule has 0 aliphatic heterocycles. The molecule has 2 fully saturated rings. The highest BCUT2D eigenvalue weighted by atomic mass is 16.5. The highest BCUT2D eigenvalue weighted by Crippen LogP contribution is 2.34. The summed E-state index contributed by atoms with van der Waals surface area (Å²) in [6.07, 6.45) is 5.43. The van der Waals surface area contributed by atoms with E-state index in [2.05, 4.69) is 21.3 Å². The van der Waals surface area contributed by atoms with E-state index in [1.165, 1.54) is 4.90 Å². The topological polar surface area (TPSA) is 189 Å². The molecule has 2 aliphatic carbocycles. The number of rotatable bonds is 17. The molecular formula is C38H60N6O7. The zero-order chi connectivity index (χ0) is 38.1. The third kappa shape index (κ3) is 11.7. The van der Waals surface area contributed by atoms with Crippen LogP contribution in [0.3, 0.4) is 0 Å². The molecule has 2 saturated carbocycles. The van der Waals surface area contributed by atoms with E-state index in [4.69, 9.17) is 10.5 Å². The number of nitrogens with zero attached hydrogens (tertiary/aromatic N) is 1. The molecule has 13 heteroatoms. The van der Waals surface area contributed by atoms with Crippen molar-refractivity contribution < 1.29 is 33.5 Å². The molecule has 0 radical (unpaired) electrons. The lowest BCUT2D eigenvalue weighted by Crippen LogP contribution is -2.65. The van der Waals surface area contributed by atoms with Gasteiger partial charge in [-0.25, -0.2) is 4.79 Å². The van der Waals surface area contributed by atoms with Gasteiger partial charge in [-0.1, -0.05) is 85.8 Å². The number of hydrogen-bond acceptors (Lipinski definition) is 7. The Morgan fingerprint density at radius 3 is 2.18 bits per heavy atom. The molecule has 51 heavy (non-hydrogen) atoms. The molecule has 13 nitrogen and oxygen atoms in total. The van der Waals surface area contributed by atoms with Crippen LogP contribution in [0.4, 0.5) is 4.79 Å². The van der Waals surface area contributed by atoms with Crippen molar-refractivity contribution in [1.82, 2.24) is 26.2 Å². The lowest BCUT2D eigenvalue weighted by atomic mass is 9.80. The van der Waals surface area contributed by atoms with E-state index >= 15 is 0 Å². The van der Waals surface area contributed by atoms with Crippen LogP contribution in [0.25, 0.3) is 0 Å². The lowest BCUT2D eigenvalue weighted by molar-refractivity contribution is -0.145. The van der Waals surface area contributed by atoms with Crippen LogP contribution >= 0.6 is 0 Å². The Bertz CT molecular complexity index is 1410. The standard InChI is InChI=1S/C38H60N6O7/c1-23(2)24(3)22-44(25(4)33(47)41-29(20-26-15-16-26)30(45)32(39)46)34(48)31(37(5,6)7)42-36(50)43-38(17-10-9-11-18-38)35(49)40-21-27-13-12-14-28(19-27)51-8/h12-14,19,23-26,29,31H,9-11,15-18,20-22H2,1-8H3,(H2,39,46)(H,40,49)(H,41,47)(H2,42,43,50)/t24?,25-,29?,31+/m0/s1. The fraction of sp³-hybridized carbons (Fsp3) is 0.684. The fourth-order valence-electron chi connectivity index (χ4n) is 6.38. The molecular weight excluding hydrogens is 652 g/mol. The van der Waals surface area contributed by atoms with Gasteiger partial charge < -0.3 is 36.6 Å². The van der Waals surface area contributed by atoms with Crippen molar-refractivity contribution in [3.8, 4) is 5.75 Å². The smallest absolute Gasteiger partial charge is 0.316 e. The number of urea groups is 1. The molecule has 6 amide bonds. The van der Waals surface area contributed by atoms with E-state index in [9.17, 15) is 28.8 Å². The number of hydrogen-bond donors (Lipinski definition) is 5. The molecule has 284 valence electrons. The van der Waals surface area contributed by atoms with Gasteiger partial charge in [0, 0.05) is 13.1 Å². The van der Waals surface area contributed by atoms with Crippen molar-refractivity contribution in [3.05, 3.63) is 29.8 Å². The second-order valence-electron chi connectivity index (χ2n) is 15.9. The molecule has 2 unspecified atom stereocenters. The SMILES string of the molecule is COc1cccc(CNC(=O)C2(NC(=O)N[C@H](C(=O)N(CC(C)C(C)C)[C@@H](C)C(=O)NC(CC3CC3)C(=O)C(N)=O)C(C)(C)C)CCCCC2)c1. The summed E-state index contributed by atoms with van der Waals surface area (Å²) in [5, 5.41) is 11.5. The summed E-state index contributed by atoms with van der Waals surface area (Å²) in [5.74, 6) is -2.33. The van der Waals surface area contributed by atoms with Crippen LogP contribution in [-0.2, 0) is 30.5 Å². The number of nitrogens with one attached hydrogen (secondary N) is 4. The first-order chi connectivity index (χ1) is 23.9. The number of benzene rings is 1. The summed E-state index contributed by atoms with van der Waals surface area (Å²) in [7, 11) is 1.58. The van der Waals surface area contributed by atoms with Crippen LogP contribution in [0.15, 0.2) is 24.3 Å². The van der Waals surface area contributed by atoms with E-state index < -0.39 is 58.6 Å². The van der Waals surface area contributed by atoms with Crippen LogP contribution in [0.2, 0.25) is 0 Å². The Balaban J connectivity index is 1.83. The molecule has 1 aromatic carbocycles. The van der Waals surface area contributed by atoms with E-state index in [0.29, 0.717) is 25.0 Å². The number of carbonyl (C=O) groups excluding carboxylic acids is 6. The highest BCUT2D eigenvalue weighted by molar-refractivity contribution is 6.37. The van der Waals surface area contributed by atoms with Crippen molar-refractivity contribution >= 4 is 35.4 Å². The first-order valence-corrected chi connectivity index (χ1v) is 18.3. The first kappa shape index (κ1) is 41.3. The third-order valence-corrected chi connectivity index (χ3v) is 10.4. The van der Waals surface area contributed by atoms with Crippen molar-refractivity contribution in [2.75, 3.05) is 13.7 Å². The normalized spacial score (nSPS) is 18.0. The third-order valence-electron chi connectivity index (χ3n) is 10.4. The van der Waals surface area contributed by atoms with Crippen LogP contribution in [0.5, 0.6) is 5.75 Å². The largest absolute Gasteiger partial charge is 0.497 e. The average Bonchev–Trinajstić information content (AvgIpc) is 3.91. The number of carbonyl (C=O) groups is 6. The van der Waals surface area contributed by atoms with Crippen LogP contribution in [0, 0.1) is 23.2 Å². The van der Waals surface area contributed by atoms with Crippen LogP contribution in [0.1, 0.15) is 105 Å². The van der Waals surface area contributed by atoms with E-state index in [1.54, 1.807) is 14.0 Å². The molecule has 3 rings (SSSR count). The van der Waals surface area contributed by atoms with Crippen molar-refractivity contribution in [2.45, 2.75) is 130 Å². The van der Waals surface area contributed by atoms with Crippen LogP contribution in [-0.4, -0.2) is 77.7 Å². The summed E-state index contributed by atoms with van der Waals surface area (Å²) in [6, 6.07) is 3.52. The minimum atomic E-state index is -1.17. The summed E-state index contributed by atoms with van der Waals surface area (Å²) in [6.45, 7) is 13.5. The lowest BCUT2D eigenvalue weighted by Gasteiger charge is -2.40. The maximum absolute atomic E-state index is 14.5. The second-order valence-corrected chi connectivity index (χ2v) is 15.9. The van der Waals surface area contributed by atoms with Gasteiger partial charge >= 0.3 is 6.03 Å². The minimum absolute atomic E-state index is 0.0213. The number of Topliss-reactive ketones (excluding diaryl/α,β-unsaturated/α-hetero) is 1. The van der Waals surface area contributed by atoms with Gasteiger partial charge in [-0.2, -0.15) is 0 Å². The van der Waals surface area contributed by atoms with E-state index in [0.717, 1.165) is 37.7 Å². The number of primary amides is 1. The second kappa shape index (κ2) is 17.9. The summed E-state index contributed by atoms with van der Waals surface area (Å²) in [4.78, 5) is 81.6. The van der Waals surface area contributed by atoms with Crippen molar-refractivity contribution in [3.63, 3.8) is 0 Å². The maximum Gasteiger partial charge on any atom is 0.316 e. The quantitative estimate of drug-likeness (QED) is 0.153. The molecule has 1 aromatic rings. The van der Waals surface area contributed by atoms with Gasteiger partial charge in [0.2, 0.25) is 23.5 Å². The predicted molar refractivity (Wildman–Crippen MR) is 194 cm³/mol. The Morgan fingerprint density at radius 2 is 1.63 bits per heavy atom. The summed E-state index contributed by atoms with van der Waals surface area (Å²) >= 11 is 0. The Morgan fingerprint density at radius 1 is 0.980 bits per heavy atom. The molecule has 6 N–H and O–H groups in total. The molecule has 0 bridgehead atoms. The molecule has 2 aliphatic rings. The van der Waals surface area contributed by atoms with Gasteiger partial charge in [-0.3, -0.25) is 24.0 Å². The number of amides is 6. The Hall–Kier alpha value is -4.16. The maximum atomic E-state index is 14.5. The summed E-state index contributed by atoms with van der Waals surface area (Å²) < 4.78 is 5.30. The number of ketones is 1. The Kier molecular flexibility index (Phi) is 14.4. The number of nitrogens with two attached hydrogens (primary N) is 1. The molecule has 0 spiro atoms. The van der Waals surface area contributed by atoms with E-state index in [1.807, 2.05) is 65.8 Å². The average molecular weight is 713 g/mol. The molecule has 0 saturated heterocycles. The van der Waals surface area contributed by atoms with Crippen LogP contribution < -0.4 is 31.7 Å². The van der Waals surface area contributed by atoms with E-state index in [-0.39, 0.29) is 36.8 Å². The fourth-order valence-corrected chi connectivity index (χ4v) is 6.38.